The van der Waals surface area contributed by atoms with Crippen LogP contribution in [-0.2, 0) is 4.79 Å². The van der Waals surface area contributed by atoms with Gasteiger partial charge in [0.2, 0.25) is 5.82 Å². The first-order valence-corrected chi connectivity index (χ1v) is 7.98. The van der Waals surface area contributed by atoms with E-state index in [9.17, 15) is 14.4 Å². The highest BCUT2D eigenvalue weighted by Gasteiger charge is 2.07. The van der Waals surface area contributed by atoms with E-state index in [-0.39, 0.29) is 18.5 Å². The molecule has 27 heavy (non-hydrogen) atoms. The predicted octanol–water partition coefficient (Wildman–Crippen LogP) is -0.184. The van der Waals surface area contributed by atoms with Crippen molar-refractivity contribution in [3.8, 4) is 11.5 Å². The average Bonchev–Trinajstić information content (AvgIpc) is 2.61. The van der Waals surface area contributed by atoms with Gasteiger partial charge in [0, 0.05) is 0 Å². The number of methoxy groups -OCH3 is 1. The average molecular weight is 376 g/mol. The highest BCUT2D eigenvalue weighted by Crippen LogP contribution is 2.28. The smallest absolute Gasteiger partial charge is 0.342 e. The van der Waals surface area contributed by atoms with E-state index in [0.29, 0.717) is 17.1 Å². The fraction of sp³-hybridized carbons (Fsp3) is 0.312. The Labute approximate surface area is 153 Å². The molecule has 4 N–H and O–H groups in total. The minimum atomic E-state index is -0.736. The van der Waals surface area contributed by atoms with E-state index in [1.807, 2.05) is 23.9 Å². The molecule has 11 heteroatoms. The van der Waals surface area contributed by atoms with E-state index in [4.69, 9.17) is 9.47 Å². The Morgan fingerprint density at radius 2 is 2.11 bits per heavy atom. The summed E-state index contributed by atoms with van der Waals surface area (Å²) >= 11 is 0. The number of hydrogen-bond acceptors (Lipinski definition) is 8. The Morgan fingerprint density at radius 1 is 1.33 bits per heavy atom. The van der Waals surface area contributed by atoms with Crippen molar-refractivity contribution in [1.82, 2.24) is 20.6 Å². The summed E-state index contributed by atoms with van der Waals surface area (Å²) in [6.45, 7) is 3.56. The number of carbonyl (C=O) groups is 1. The van der Waals surface area contributed by atoms with Gasteiger partial charge in [0.1, 0.15) is 0 Å². The van der Waals surface area contributed by atoms with Gasteiger partial charge in [-0.3, -0.25) is 14.6 Å². The molecule has 11 nitrogen and oxygen atoms in total. The summed E-state index contributed by atoms with van der Waals surface area (Å²) in [5, 5.41) is 11.9. The molecule has 2 rings (SSSR count). The van der Waals surface area contributed by atoms with Crippen LogP contribution >= 0.6 is 0 Å². The third kappa shape index (κ3) is 5.99. The topological polar surface area (TPSA) is 151 Å². The first-order chi connectivity index (χ1) is 12.9. The number of anilines is 1. The number of H-pyrrole nitrogens is 2. The van der Waals surface area contributed by atoms with Gasteiger partial charge in [-0.15, -0.1) is 5.10 Å². The van der Waals surface area contributed by atoms with Crippen LogP contribution in [-0.4, -0.2) is 47.1 Å². The zero-order valence-electron chi connectivity index (χ0n) is 15.0. The number of nitrogens with zero attached hydrogens (tertiary/aromatic N) is 2. The molecule has 0 atom stereocenters. The molecular weight excluding hydrogens is 356 g/mol. The lowest BCUT2D eigenvalue weighted by atomic mass is 10.2. The largest absolute Gasteiger partial charge is 0.493 e. The Hall–Kier alpha value is -3.63. The van der Waals surface area contributed by atoms with Gasteiger partial charge < -0.3 is 14.8 Å². The second-order valence-electron chi connectivity index (χ2n) is 5.58. The van der Waals surface area contributed by atoms with Crippen LogP contribution in [0.4, 0.5) is 5.82 Å². The monoisotopic (exact) mass is 376 g/mol. The van der Waals surface area contributed by atoms with Crippen molar-refractivity contribution < 1.29 is 14.3 Å². The van der Waals surface area contributed by atoms with E-state index in [2.05, 4.69) is 20.9 Å². The van der Waals surface area contributed by atoms with Crippen LogP contribution in [0.25, 0.3) is 0 Å². The van der Waals surface area contributed by atoms with E-state index in [0.717, 1.165) is 0 Å². The standard InChI is InChI=1S/C16H20N6O5/c1-9(2)27-11-5-4-10(6-12(11)26-3)7-18-20-13(23)8-17-14-15(24)19-16(25)22-21-14/h4-7,9H,8H2,1-3H3,(H,17,21)(H,20,23)(H2,19,22,24,25)/b18-7+. The van der Waals surface area contributed by atoms with Gasteiger partial charge in [0.15, 0.2) is 11.5 Å². The number of amides is 1. The van der Waals surface area contributed by atoms with E-state index < -0.39 is 17.2 Å². The lowest BCUT2D eigenvalue weighted by Gasteiger charge is -2.13. The van der Waals surface area contributed by atoms with Crippen LogP contribution < -0.4 is 31.5 Å². The molecule has 0 bridgehead atoms. The van der Waals surface area contributed by atoms with Crippen LogP contribution in [0.1, 0.15) is 19.4 Å². The number of aromatic nitrogens is 3. The molecule has 1 amide bonds. The van der Waals surface area contributed by atoms with Gasteiger partial charge in [0.25, 0.3) is 11.5 Å². The third-order valence-corrected chi connectivity index (χ3v) is 3.08. The van der Waals surface area contributed by atoms with Crippen molar-refractivity contribution in [1.29, 1.82) is 0 Å². The fourth-order valence-corrected chi connectivity index (χ4v) is 1.97. The number of ether oxygens (including phenoxy) is 2. The second kappa shape index (κ2) is 9.17. The first kappa shape index (κ1) is 19.7. The van der Waals surface area contributed by atoms with Crippen LogP contribution in [0, 0.1) is 0 Å². The molecular formula is C16H20N6O5. The van der Waals surface area contributed by atoms with Crippen molar-refractivity contribution >= 4 is 17.9 Å². The van der Waals surface area contributed by atoms with Gasteiger partial charge in [0.05, 0.1) is 26.0 Å². The van der Waals surface area contributed by atoms with Crippen LogP contribution in [0.5, 0.6) is 11.5 Å². The molecule has 0 fully saturated rings. The predicted molar refractivity (Wildman–Crippen MR) is 98.5 cm³/mol. The number of hydrazone groups is 1. The lowest BCUT2D eigenvalue weighted by Crippen LogP contribution is -2.31. The van der Waals surface area contributed by atoms with Crippen molar-refractivity contribution in [2.24, 2.45) is 5.10 Å². The SMILES string of the molecule is COc1cc(/C=N/NC(=O)CNc2n[nH]c(=O)[nH]c2=O)ccc1OC(C)C. The summed E-state index contributed by atoms with van der Waals surface area (Å²) in [5.41, 5.74) is 1.52. The number of nitrogens with one attached hydrogen (secondary N) is 4. The molecule has 144 valence electrons. The minimum absolute atomic E-state index is 0.00868. The van der Waals surface area contributed by atoms with Gasteiger partial charge in [-0.25, -0.2) is 15.3 Å². The lowest BCUT2D eigenvalue weighted by molar-refractivity contribution is -0.119. The Kier molecular flexibility index (Phi) is 6.69. The number of rotatable bonds is 8. The molecule has 1 aromatic heterocycles. The van der Waals surface area contributed by atoms with Crippen LogP contribution in [0.2, 0.25) is 0 Å². The maximum absolute atomic E-state index is 11.7. The fourth-order valence-electron chi connectivity index (χ4n) is 1.97. The summed E-state index contributed by atoms with van der Waals surface area (Å²) in [5.74, 6) is 0.463. The second-order valence-corrected chi connectivity index (χ2v) is 5.58. The molecule has 0 saturated heterocycles. The molecule has 0 aliphatic heterocycles. The molecule has 0 spiro atoms. The zero-order valence-corrected chi connectivity index (χ0v) is 15.0. The molecule has 0 unspecified atom stereocenters. The zero-order chi connectivity index (χ0) is 19.8. The van der Waals surface area contributed by atoms with E-state index >= 15 is 0 Å². The summed E-state index contributed by atoms with van der Waals surface area (Å²) in [4.78, 5) is 36.0. The van der Waals surface area contributed by atoms with Crippen LogP contribution in [0.3, 0.4) is 0 Å². The minimum Gasteiger partial charge on any atom is -0.493 e. The first-order valence-electron chi connectivity index (χ1n) is 7.98. The number of hydrogen-bond donors (Lipinski definition) is 4. The van der Waals surface area contributed by atoms with E-state index in [1.165, 1.54) is 13.3 Å². The van der Waals surface area contributed by atoms with Gasteiger partial charge in [-0.2, -0.15) is 5.10 Å². The Morgan fingerprint density at radius 3 is 2.78 bits per heavy atom. The van der Waals surface area contributed by atoms with Gasteiger partial charge in [-0.1, -0.05) is 0 Å². The van der Waals surface area contributed by atoms with Crippen molar-refractivity contribution in [2.75, 3.05) is 19.0 Å². The highest BCUT2D eigenvalue weighted by molar-refractivity contribution is 5.84. The van der Waals surface area contributed by atoms with Crippen molar-refractivity contribution in [2.45, 2.75) is 20.0 Å². The molecule has 1 heterocycles. The van der Waals surface area contributed by atoms with Crippen molar-refractivity contribution in [3.05, 3.63) is 44.6 Å². The molecule has 0 saturated carbocycles. The summed E-state index contributed by atoms with van der Waals surface area (Å²) < 4.78 is 10.9. The van der Waals surface area contributed by atoms with Gasteiger partial charge in [-0.05, 0) is 37.6 Å². The summed E-state index contributed by atoms with van der Waals surface area (Å²) in [6, 6.07) is 5.23. The normalized spacial score (nSPS) is 10.8. The number of carbonyl (C=O) groups excluding carboxylic acids is 1. The molecule has 1 aromatic carbocycles. The maximum atomic E-state index is 11.7. The van der Waals surface area contributed by atoms with Crippen LogP contribution in [0.15, 0.2) is 32.9 Å². The number of benzene rings is 1. The quantitative estimate of drug-likeness (QED) is 0.368. The highest BCUT2D eigenvalue weighted by atomic mass is 16.5. The van der Waals surface area contributed by atoms with E-state index in [1.54, 1.807) is 18.2 Å². The molecule has 0 aliphatic rings. The molecule has 0 aliphatic carbocycles. The summed E-state index contributed by atoms with van der Waals surface area (Å²) in [7, 11) is 1.53. The Balaban J connectivity index is 1.91. The van der Waals surface area contributed by atoms with Crippen molar-refractivity contribution in [3.63, 3.8) is 0 Å². The third-order valence-electron chi connectivity index (χ3n) is 3.08. The number of aromatic amines is 2. The Bertz CT molecular complexity index is 933. The summed E-state index contributed by atoms with van der Waals surface area (Å²) in [6.07, 6.45) is 1.44. The maximum Gasteiger partial charge on any atom is 0.342 e. The molecule has 0 radical (unpaired) electrons. The van der Waals surface area contributed by atoms with Gasteiger partial charge >= 0.3 is 5.69 Å². The molecule has 2 aromatic rings.